The fourth-order valence-electron chi connectivity index (χ4n) is 3.38. The normalized spacial score (nSPS) is 24.7. The number of hydrogen-bond donors (Lipinski definition) is 1. The van der Waals surface area contributed by atoms with Gasteiger partial charge in [-0.2, -0.15) is 0 Å². The molecule has 1 amide bonds. The van der Waals surface area contributed by atoms with Crippen molar-refractivity contribution in [3.8, 4) is 0 Å². The largest absolute Gasteiger partial charge is 0.375 e. The predicted octanol–water partition coefficient (Wildman–Crippen LogP) is 0.378. The van der Waals surface area contributed by atoms with Gasteiger partial charge in [-0.3, -0.25) is 4.79 Å². The number of ether oxygens (including phenoxy) is 1. The Labute approximate surface area is 135 Å². The fraction of sp³-hybridized carbons (Fsp3) is 0.714. The molecule has 9 heteroatoms. The molecule has 0 aliphatic carbocycles. The van der Waals surface area contributed by atoms with Gasteiger partial charge < -0.3 is 14.2 Å². The van der Waals surface area contributed by atoms with E-state index in [0.717, 1.165) is 0 Å². The number of sulfonamides is 1. The minimum Gasteiger partial charge on any atom is -0.375 e. The highest BCUT2D eigenvalue weighted by molar-refractivity contribution is 7.88. The lowest BCUT2D eigenvalue weighted by molar-refractivity contribution is -0.113. The number of likely N-dealkylation sites (tertiary alicyclic amines) is 1. The van der Waals surface area contributed by atoms with Gasteiger partial charge in [-0.1, -0.05) is 5.16 Å². The first-order valence-electron chi connectivity index (χ1n) is 7.68. The number of amides is 1. The average molecular weight is 343 g/mol. The summed E-state index contributed by atoms with van der Waals surface area (Å²) in [6.45, 7) is 1.65. The first-order valence-corrected chi connectivity index (χ1v) is 9.57. The standard InChI is InChI=1S/C14H21N3O5S/c1-23(19,20)16-11-3-9-21-14(10-11)4-7-17(8-5-14)13(18)12-2-6-15-22-12/h2,6,11,16H,3-5,7-10H2,1H3/t11-/m1/s1. The van der Waals surface area contributed by atoms with Gasteiger partial charge in [-0.25, -0.2) is 13.1 Å². The summed E-state index contributed by atoms with van der Waals surface area (Å²) < 4.78 is 36.4. The van der Waals surface area contributed by atoms with Crippen LogP contribution in [0.2, 0.25) is 0 Å². The van der Waals surface area contributed by atoms with E-state index >= 15 is 0 Å². The molecule has 0 bridgehead atoms. The second kappa shape index (κ2) is 6.21. The molecule has 2 aliphatic rings. The Morgan fingerprint density at radius 2 is 2.17 bits per heavy atom. The van der Waals surface area contributed by atoms with Gasteiger partial charge in [0.1, 0.15) is 0 Å². The minimum atomic E-state index is -3.22. The third-order valence-corrected chi connectivity index (χ3v) is 5.25. The zero-order valence-electron chi connectivity index (χ0n) is 13.0. The summed E-state index contributed by atoms with van der Waals surface area (Å²) in [5, 5.41) is 3.55. The van der Waals surface area contributed by atoms with Gasteiger partial charge >= 0.3 is 0 Å². The predicted molar refractivity (Wildman–Crippen MR) is 81.3 cm³/mol. The number of carbonyl (C=O) groups is 1. The fourth-order valence-corrected chi connectivity index (χ4v) is 4.19. The summed E-state index contributed by atoms with van der Waals surface area (Å²) >= 11 is 0. The van der Waals surface area contributed by atoms with Gasteiger partial charge in [0.25, 0.3) is 5.91 Å². The van der Waals surface area contributed by atoms with Crippen molar-refractivity contribution in [1.29, 1.82) is 0 Å². The highest BCUT2D eigenvalue weighted by Gasteiger charge is 2.42. The topological polar surface area (TPSA) is 102 Å². The molecule has 2 fully saturated rings. The maximum atomic E-state index is 12.2. The number of aromatic nitrogens is 1. The van der Waals surface area contributed by atoms with Crippen LogP contribution in [0.25, 0.3) is 0 Å². The second-order valence-electron chi connectivity index (χ2n) is 6.28. The number of carbonyl (C=O) groups excluding carboxylic acids is 1. The Bertz CT molecular complexity index is 650. The van der Waals surface area contributed by atoms with Crippen LogP contribution in [0.3, 0.4) is 0 Å². The molecular formula is C14H21N3O5S. The molecule has 0 saturated carbocycles. The van der Waals surface area contributed by atoms with Crippen LogP contribution in [0.4, 0.5) is 0 Å². The Balaban J connectivity index is 1.60. The summed E-state index contributed by atoms with van der Waals surface area (Å²) in [4.78, 5) is 14.0. The number of nitrogens with one attached hydrogen (secondary N) is 1. The zero-order valence-corrected chi connectivity index (χ0v) is 13.8. The van der Waals surface area contributed by atoms with Crippen LogP contribution in [0.15, 0.2) is 16.8 Å². The molecular weight excluding hydrogens is 322 g/mol. The third-order valence-electron chi connectivity index (χ3n) is 4.48. The van der Waals surface area contributed by atoms with Gasteiger partial charge in [0.15, 0.2) is 0 Å². The summed E-state index contributed by atoms with van der Waals surface area (Å²) in [5.41, 5.74) is -0.348. The van der Waals surface area contributed by atoms with E-state index < -0.39 is 10.0 Å². The van der Waals surface area contributed by atoms with E-state index in [4.69, 9.17) is 9.26 Å². The quantitative estimate of drug-likeness (QED) is 0.851. The SMILES string of the molecule is CS(=O)(=O)N[C@@H]1CCOC2(CCN(C(=O)c3ccno3)CC2)C1. The molecule has 3 heterocycles. The van der Waals surface area contributed by atoms with Crippen LogP contribution < -0.4 is 4.72 Å². The molecule has 0 unspecified atom stereocenters. The molecule has 23 heavy (non-hydrogen) atoms. The maximum Gasteiger partial charge on any atom is 0.292 e. The summed E-state index contributed by atoms with van der Waals surface area (Å²) in [6, 6.07) is 1.45. The lowest BCUT2D eigenvalue weighted by atomic mass is 9.82. The van der Waals surface area contributed by atoms with E-state index in [1.165, 1.54) is 12.5 Å². The van der Waals surface area contributed by atoms with Gasteiger partial charge in [-0.15, -0.1) is 0 Å². The Morgan fingerprint density at radius 1 is 1.43 bits per heavy atom. The summed E-state index contributed by atoms with van der Waals surface area (Å²) in [7, 11) is -3.22. The smallest absolute Gasteiger partial charge is 0.292 e. The molecule has 1 aromatic rings. The van der Waals surface area contributed by atoms with Gasteiger partial charge in [0.05, 0.1) is 18.1 Å². The van der Waals surface area contributed by atoms with Crippen LogP contribution in [0, 0.1) is 0 Å². The molecule has 2 saturated heterocycles. The molecule has 0 radical (unpaired) electrons. The average Bonchev–Trinajstić information content (AvgIpc) is 3.00. The molecule has 1 aromatic heterocycles. The lowest BCUT2D eigenvalue weighted by Gasteiger charge is -2.46. The van der Waals surface area contributed by atoms with E-state index in [0.29, 0.717) is 45.4 Å². The number of piperidine rings is 1. The van der Waals surface area contributed by atoms with E-state index in [2.05, 4.69) is 9.88 Å². The number of rotatable bonds is 3. The monoisotopic (exact) mass is 343 g/mol. The molecule has 2 aliphatic heterocycles. The summed E-state index contributed by atoms with van der Waals surface area (Å²) in [6.07, 6.45) is 5.32. The van der Waals surface area contributed by atoms with Gasteiger partial charge in [-0.05, 0) is 25.7 Å². The van der Waals surface area contributed by atoms with Crippen molar-refractivity contribution in [2.24, 2.45) is 0 Å². The maximum absolute atomic E-state index is 12.2. The third kappa shape index (κ3) is 3.91. The van der Waals surface area contributed by atoms with E-state index in [1.807, 2.05) is 0 Å². The second-order valence-corrected chi connectivity index (χ2v) is 8.06. The van der Waals surface area contributed by atoms with Crippen LogP contribution in [-0.2, 0) is 14.8 Å². The Morgan fingerprint density at radius 3 is 2.78 bits per heavy atom. The van der Waals surface area contributed by atoms with Gasteiger partial charge in [0.2, 0.25) is 15.8 Å². The van der Waals surface area contributed by atoms with E-state index in [9.17, 15) is 13.2 Å². The van der Waals surface area contributed by atoms with Gasteiger partial charge in [0, 0.05) is 31.8 Å². The first kappa shape index (κ1) is 16.4. The van der Waals surface area contributed by atoms with E-state index in [1.54, 1.807) is 11.0 Å². The van der Waals surface area contributed by atoms with Crippen LogP contribution in [0.5, 0.6) is 0 Å². The molecule has 1 N–H and O–H groups in total. The number of nitrogens with zero attached hydrogens (tertiary/aromatic N) is 2. The van der Waals surface area contributed by atoms with Crippen molar-refractivity contribution in [1.82, 2.24) is 14.8 Å². The highest BCUT2D eigenvalue weighted by Crippen LogP contribution is 2.35. The van der Waals surface area contributed by atoms with E-state index in [-0.39, 0.29) is 23.3 Å². The Kier molecular flexibility index (Phi) is 4.43. The van der Waals surface area contributed by atoms with Crippen molar-refractivity contribution in [2.75, 3.05) is 26.0 Å². The number of hydrogen-bond acceptors (Lipinski definition) is 6. The molecule has 1 spiro atoms. The molecule has 0 aromatic carbocycles. The van der Waals surface area contributed by atoms with Crippen LogP contribution >= 0.6 is 0 Å². The van der Waals surface area contributed by atoms with Crippen molar-refractivity contribution < 1.29 is 22.5 Å². The molecule has 8 nitrogen and oxygen atoms in total. The first-order chi connectivity index (χ1) is 10.9. The highest BCUT2D eigenvalue weighted by atomic mass is 32.2. The lowest BCUT2D eigenvalue weighted by Crippen LogP contribution is -2.54. The molecule has 128 valence electrons. The zero-order chi connectivity index (χ0) is 16.5. The van der Waals surface area contributed by atoms with Crippen molar-refractivity contribution in [3.05, 3.63) is 18.0 Å². The van der Waals surface area contributed by atoms with Crippen molar-refractivity contribution >= 4 is 15.9 Å². The minimum absolute atomic E-state index is 0.102. The van der Waals surface area contributed by atoms with Crippen LogP contribution in [-0.4, -0.2) is 62.0 Å². The van der Waals surface area contributed by atoms with Crippen molar-refractivity contribution in [3.63, 3.8) is 0 Å². The molecule has 1 atom stereocenters. The molecule has 3 rings (SSSR count). The Hall–Kier alpha value is -1.45. The summed E-state index contributed by atoms with van der Waals surface area (Å²) in [5.74, 6) is 0.0705. The van der Waals surface area contributed by atoms with Crippen molar-refractivity contribution in [2.45, 2.75) is 37.3 Å². The van der Waals surface area contributed by atoms with Crippen LogP contribution in [0.1, 0.15) is 36.2 Å².